The summed E-state index contributed by atoms with van der Waals surface area (Å²) >= 11 is 11.8. The van der Waals surface area contributed by atoms with E-state index in [1.807, 2.05) is 18.2 Å². The molecule has 6 heteroatoms. The van der Waals surface area contributed by atoms with Crippen molar-refractivity contribution in [2.45, 2.75) is 13.0 Å². The second kappa shape index (κ2) is 7.86. The molecule has 4 nitrogen and oxygen atoms in total. The lowest BCUT2D eigenvalue weighted by molar-refractivity contribution is -0.121. The number of nitrogens with zero attached hydrogens (tertiary/aromatic N) is 1. The van der Waals surface area contributed by atoms with Crippen LogP contribution >= 0.6 is 23.2 Å². The van der Waals surface area contributed by atoms with Crippen LogP contribution in [-0.2, 0) is 11.3 Å². The summed E-state index contributed by atoms with van der Waals surface area (Å²) < 4.78 is 0. The number of hydrogen-bond acceptors (Lipinski definition) is 3. The number of benzene rings is 1. The van der Waals surface area contributed by atoms with E-state index in [0.29, 0.717) is 29.6 Å². The molecule has 0 saturated heterocycles. The largest absolute Gasteiger partial charge is 0.383 e. The average Bonchev–Trinajstić information content (AvgIpc) is 2.48. The van der Waals surface area contributed by atoms with Crippen molar-refractivity contribution in [3.05, 3.63) is 58.3 Å². The molecular formula is C15H15Cl2N3O. The molecule has 2 rings (SSSR count). The molecule has 110 valence electrons. The first kappa shape index (κ1) is 15.6. The van der Waals surface area contributed by atoms with Crippen molar-refractivity contribution in [3.63, 3.8) is 0 Å². The van der Waals surface area contributed by atoms with Gasteiger partial charge >= 0.3 is 0 Å². The minimum absolute atomic E-state index is 0.0433. The van der Waals surface area contributed by atoms with Gasteiger partial charge in [0.2, 0.25) is 5.91 Å². The van der Waals surface area contributed by atoms with Crippen LogP contribution < -0.4 is 10.6 Å². The zero-order valence-electron chi connectivity index (χ0n) is 11.3. The Morgan fingerprint density at radius 2 is 2.05 bits per heavy atom. The predicted molar refractivity (Wildman–Crippen MR) is 85.7 cm³/mol. The van der Waals surface area contributed by atoms with Gasteiger partial charge in [-0.25, -0.2) is 0 Å². The van der Waals surface area contributed by atoms with Crippen LogP contribution in [0.1, 0.15) is 12.1 Å². The van der Waals surface area contributed by atoms with Crippen LogP contribution in [-0.4, -0.2) is 17.4 Å². The van der Waals surface area contributed by atoms with E-state index in [4.69, 9.17) is 23.2 Å². The first-order chi connectivity index (χ1) is 10.1. The second-order valence-electron chi connectivity index (χ2n) is 4.40. The highest BCUT2D eigenvalue weighted by atomic mass is 35.5. The first-order valence-corrected chi connectivity index (χ1v) is 7.26. The van der Waals surface area contributed by atoms with Crippen molar-refractivity contribution >= 4 is 34.8 Å². The van der Waals surface area contributed by atoms with Crippen molar-refractivity contribution in [3.8, 4) is 0 Å². The summed E-state index contributed by atoms with van der Waals surface area (Å²) in [7, 11) is 0. The zero-order chi connectivity index (χ0) is 15.1. The maximum absolute atomic E-state index is 11.7. The molecule has 0 aliphatic rings. The van der Waals surface area contributed by atoms with Crippen LogP contribution in [0.5, 0.6) is 0 Å². The van der Waals surface area contributed by atoms with Crippen LogP contribution in [0.25, 0.3) is 0 Å². The zero-order valence-corrected chi connectivity index (χ0v) is 12.8. The van der Waals surface area contributed by atoms with Crippen molar-refractivity contribution in [1.82, 2.24) is 10.3 Å². The molecule has 1 amide bonds. The Morgan fingerprint density at radius 3 is 2.76 bits per heavy atom. The van der Waals surface area contributed by atoms with Gasteiger partial charge < -0.3 is 10.6 Å². The molecule has 0 saturated carbocycles. The second-order valence-corrected chi connectivity index (χ2v) is 5.24. The smallest absolute Gasteiger partial charge is 0.222 e. The Labute approximate surface area is 133 Å². The molecule has 0 aliphatic heterocycles. The molecule has 1 heterocycles. The number of halogens is 2. The lowest BCUT2D eigenvalue weighted by Crippen LogP contribution is -2.25. The third-order valence-corrected chi connectivity index (χ3v) is 3.34. The Hall–Kier alpha value is -1.78. The number of hydrogen-bond donors (Lipinski definition) is 2. The van der Waals surface area contributed by atoms with Crippen LogP contribution in [0.3, 0.4) is 0 Å². The van der Waals surface area contributed by atoms with Crippen molar-refractivity contribution < 1.29 is 4.79 Å². The minimum atomic E-state index is -0.0433. The molecule has 21 heavy (non-hydrogen) atoms. The van der Waals surface area contributed by atoms with Crippen molar-refractivity contribution in [2.24, 2.45) is 0 Å². The predicted octanol–water partition coefficient (Wildman–Crippen LogP) is 3.51. The highest BCUT2D eigenvalue weighted by molar-refractivity contribution is 6.36. The minimum Gasteiger partial charge on any atom is -0.383 e. The summed E-state index contributed by atoms with van der Waals surface area (Å²) in [5, 5.41) is 7.04. The number of amides is 1. The number of pyridine rings is 1. The molecule has 0 fully saturated rings. The van der Waals surface area contributed by atoms with E-state index in [-0.39, 0.29) is 5.91 Å². The van der Waals surface area contributed by atoms with E-state index in [0.717, 1.165) is 11.4 Å². The highest BCUT2D eigenvalue weighted by Gasteiger charge is 2.04. The molecule has 1 aromatic heterocycles. The molecule has 0 spiro atoms. The summed E-state index contributed by atoms with van der Waals surface area (Å²) in [6, 6.07) is 10.8. The van der Waals surface area contributed by atoms with E-state index in [2.05, 4.69) is 15.6 Å². The molecular weight excluding hydrogens is 309 g/mol. The fourth-order valence-electron chi connectivity index (χ4n) is 1.72. The van der Waals surface area contributed by atoms with E-state index < -0.39 is 0 Å². The van der Waals surface area contributed by atoms with Gasteiger partial charge in [-0.15, -0.1) is 0 Å². The molecule has 2 N–H and O–H groups in total. The van der Waals surface area contributed by atoms with Crippen LogP contribution in [0, 0.1) is 0 Å². The van der Waals surface area contributed by atoms with E-state index >= 15 is 0 Å². The quantitative estimate of drug-likeness (QED) is 0.855. The van der Waals surface area contributed by atoms with Crippen LogP contribution in [0.4, 0.5) is 5.69 Å². The maximum atomic E-state index is 11.7. The topological polar surface area (TPSA) is 54.0 Å². The number of anilines is 1. The van der Waals surface area contributed by atoms with E-state index in [1.165, 1.54) is 0 Å². The molecule has 0 radical (unpaired) electrons. The Kier molecular flexibility index (Phi) is 5.84. The van der Waals surface area contributed by atoms with Crippen molar-refractivity contribution in [1.29, 1.82) is 0 Å². The number of aromatic nitrogens is 1. The Morgan fingerprint density at radius 1 is 1.19 bits per heavy atom. The lowest BCUT2D eigenvalue weighted by Gasteiger charge is -2.09. The Bertz CT molecular complexity index is 605. The van der Waals surface area contributed by atoms with Gasteiger partial charge in [0, 0.05) is 24.2 Å². The van der Waals surface area contributed by atoms with Gasteiger partial charge in [-0.2, -0.15) is 0 Å². The van der Waals surface area contributed by atoms with Gasteiger partial charge in [0.25, 0.3) is 0 Å². The number of rotatable bonds is 6. The summed E-state index contributed by atoms with van der Waals surface area (Å²) in [5.74, 6) is -0.0433. The summed E-state index contributed by atoms with van der Waals surface area (Å²) in [5.41, 5.74) is 1.60. The summed E-state index contributed by atoms with van der Waals surface area (Å²) in [6.45, 7) is 0.927. The van der Waals surface area contributed by atoms with Gasteiger partial charge in [-0.3, -0.25) is 9.78 Å². The highest BCUT2D eigenvalue weighted by Crippen LogP contribution is 2.25. The summed E-state index contributed by atoms with van der Waals surface area (Å²) in [4.78, 5) is 15.9. The normalized spacial score (nSPS) is 10.2. The van der Waals surface area contributed by atoms with E-state index in [9.17, 15) is 4.79 Å². The standard InChI is InChI=1S/C15H15Cl2N3O/c16-11-4-5-14(13(17)9-11)19-8-6-15(21)20-10-12-3-1-2-7-18-12/h1-5,7,9,19H,6,8,10H2,(H,20,21). The van der Waals surface area contributed by atoms with Gasteiger partial charge in [0.15, 0.2) is 0 Å². The average molecular weight is 324 g/mol. The van der Waals surface area contributed by atoms with Crippen LogP contribution in [0.2, 0.25) is 10.0 Å². The third kappa shape index (κ3) is 5.25. The number of carbonyl (C=O) groups excluding carboxylic acids is 1. The third-order valence-electron chi connectivity index (χ3n) is 2.79. The molecule has 0 aliphatic carbocycles. The van der Waals surface area contributed by atoms with Gasteiger partial charge in [0.05, 0.1) is 22.9 Å². The van der Waals surface area contributed by atoms with Gasteiger partial charge in [0.1, 0.15) is 0 Å². The fourth-order valence-corrected chi connectivity index (χ4v) is 2.20. The van der Waals surface area contributed by atoms with Crippen molar-refractivity contribution in [2.75, 3.05) is 11.9 Å². The lowest BCUT2D eigenvalue weighted by atomic mass is 10.3. The fraction of sp³-hybridized carbons (Fsp3) is 0.200. The molecule has 0 unspecified atom stereocenters. The van der Waals surface area contributed by atoms with Crippen LogP contribution in [0.15, 0.2) is 42.6 Å². The van der Waals surface area contributed by atoms with Gasteiger partial charge in [-0.05, 0) is 30.3 Å². The first-order valence-electron chi connectivity index (χ1n) is 6.50. The molecule has 0 bridgehead atoms. The number of carbonyl (C=O) groups is 1. The molecule has 1 aromatic carbocycles. The Balaban J connectivity index is 1.72. The summed E-state index contributed by atoms with van der Waals surface area (Å²) in [6.07, 6.45) is 2.05. The SMILES string of the molecule is O=C(CCNc1ccc(Cl)cc1Cl)NCc1ccccn1. The molecule has 0 atom stereocenters. The number of nitrogens with one attached hydrogen (secondary N) is 2. The van der Waals surface area contributed by atoms with Gasteiger partial charge in [-0.1, -0.05) is 29.3 Å². The monoisotopic (exact) mass is 323 g/mol. The maximum Gasteiger partial charge on any atom is 0.222 e. The molecule has 2 aromatic rings. The van der Waals surface area contributed by atoms with E-state index in [1.54, 1.807) is 24.4 Å².